The van der Waals surface area contributed by atoms with Crippen LogP contribution in [0.3, 0.4) is 0 Å². The third-order valence-electron chi connectivity index (χ3n) is 7.67. The molecule has 2 aliphatic heterocycles. The Hall–Kier alpha value is -3.31. The molecular formula is C30H33NO4. The first kappa shape index (κ1) is 23.4. The van der Waals surface area contributed by atoms with E-state index in [1.165, 1.54) is 5.57 Å². The molecule has 35 heavy (non-hydrogen) atoms. The average Bonchev–Trinajstić information content (AvgIpc) is 3.19. The van der Waals surface area contributed by atoms with Crippen LogP contribution in [-0.4, -0.2) is 49.9 Å². The monoisotopic (exact) mass is 471 g/mol. The number of hydrogen-bond acceptors (Lipinski definition) is 5. The molecule has 0 N–H and O–H groups in total. The van der Waals surface area contributed by atoms with Gasteiger partial charge >= 0.3 is 5.97 Å². The van der Waals surface area contributed by atoms with E-state index in [4.69, 9.17) is 14.2 Å². The number of nitrogens with zero attached hydrogens (tertiary/aromatic N) is 1. The highest BCUT2D eigenvalue weighted by Crippen LogP contribution is 2.49. The van der Waals surface area contributed by atoms with E-state index in [2.05, 4.69) is 67.3 Å². The molecule has 2 unspecified atom stereocenters. The molecule has 1 aliphatic carbocycles. The third kappa shape index (κ3) is 3.52. The quantitative estimate of drug-likeness (QED) is 0.500. The van der Waals surface area contributed by atoms with Crippen molar-refractivity contribution in [2.75, 3.05) is 27.4 Å². The molecule has 0 saturated carbocycles. The van der Waals surface area contributed by atoms with Gasteiger partial charge in [-0.2, -0.15) is 0 Å². The van der Waals surface area contributed by atoms with E-state index in [9.17, 15) is 4.79 Å². The summed E-state index contributed by atoms with van der Waals surface area (Å²) in [6.45, 7) is 7.29. The van der Waals surface area contributed by atoms with E-state index in [1.54, 1.807) is 14.2 Å². The second kappa shape index (κ2) is 9.04. The SMILES string of the molecule is CCOC(=O)C1=C(c2cccc3ccccc23)C(C)N2CCC3=CC(CC)(OC)C(OC)=CC3=C12. The number of carbonyl (C=O) groups is 1. The molecule has 0 radical (unpaired) electrons. The molecular weight excluding hydrogens is 438 g/mol. The molecule has 5 nitrogen and oxygen atoms in total. The number of allylic oxidation sites excluding steroid dienone is 2. The maximum absolute atomic E-state index is 13.6. The molecule has 2 aromatic carbocycles. The predicted octanol–water partition coefficient (Wildman–Crippen LogP) is 5.78. The fraction of sp³-hybridized carbons (Fsp3) is 0.367. The lowest BCUT2D eigenvalue weighted by molar-refractivity contribution is -0.138. The highest BCUT2D eigenvalue weighted by molar-refractivity contribution is 6.09. The van der Waals surface area contributed by atoms with Crippen LogP contribution < -0.4 is 0 Å². The van der Waals surface area contributed by atoms with Crippen molar-refractivity contribution in [1.29, 1.82) is 0 Å². The van der Waals surface area contributed by atoms with E-state index in [0.717, 1.165) is 58.3 Å². The second-order valence-electron chi connectivity index (χ2n) is 9.25. The van der Waals surface area contributed by atoms with Gasteiger partial charge in [-0.1, -0.05) is 49.4 Å². The molecule has 2 aromatic rings. The summed E-state index contributed by atoms with van der Waals surface area (Å²) in [7, 11) is 3.40. The van der Waals surface area contributed by atoms with E-state index >= 15 is 0 Å². The van der Waals surface area contributed by atoms with Crippen LogP contribution >= 0.6 is 0 Å². The van der Waals surface area contributed by atoms with Crippen molar-refractivity contribution in [3.63, 3.8) is 0 Å². The lowest BCUT2D eigenvalue weighted by Gasteiger charge is -2.39. The highest BCUT2D eigenvalue weighted by Gasteiger charge is 2.45. The first-order valence-electron chi connectivity index (χ1n) is 12.4. The summed E-state index contributed by atoms with van der Waals surface area (Å²) in [5.41, 5.74) is 5.32. The summed E-state index contributed by atoms with van der Waals surface area (Å²) >= 11 is 0. The minimum Gasteiger partial charge on any atom is -0.498 e. The number of rotatable bonds is 6. The molecule has 0 amide bonds. The van der Waals surface area contributed by atoms with Crippen LogP contribution in [0.1, 0.15) is 39.2 Å². The van der Waals surface area contributed by atoms with Gasteiger partial charge in [-0.05, 0) is 66.3 Å². The predicted molar refractivity (Wildman–Crippen MR) is 139 cm³/mol. The zero-order chi connectivity index (χ0) is 24.7. The van der Waals surface area contributed by atoms with E-state index < -0.39 is 5.60 Å². The number of carbonyl (C=O) groups excluding carboxylic acids is 1. The first-order valence-corrected chi connectivity index (χ1v) is 12.4. The van der Waals surface area contributed by atoms with Crippen LogP contribution in [0.15, 0.2) is 82.8 Å². The van der Waals surface area contributed by atoms with Gasteiger partial charge in [-0.25, -0.2) is 4.79 Å². The van der Waals surface area contributed by atoms with Crippen LogP contribution in [0.5, 0.6) is 0 Å². The Kier molecular flexibility index (Phi) is 6.06. The van der Waals surface area contributed by atoms with Gasteiger partial charge in [0.05, 0.1) is 31.0 Å². The summed E-state index contributed by atoms with van der Waals surface area (Å²) in [4.78, 5) is 15.9. The van der Waals surface area contributed by atoms with Crippen LogP contribution in [0.25, 0.3) is 16.3 Å². The maximum atomic E-state index is 13.6. The van der Waals surface area contributed by atoms with Crippen LogP contribution in [0.2, 0.25) is 0 Å². The van der Waals surface area contributed by atoms with Gasteiger partial charge in [0, 0.05) is 19.2 Å². The Bertz CT molecular complexity index is 1300. The summed E-state index contributed by atoms with van der Waals surface area (Å²) in [5, 5.41) is 2.30. The van der Waals surface area contributed by atoms with Gasteiger partial charge < -0.3 is 19.1 Å². The minimum atomic E-state index is -0.590. The topological polar surface area (TPSA) is 48.0 Å². The van der Waals surface area contributed by atoms with Crippen molar-refractivity contribution in [2.24, 2.45) is 0 Å². The number of ether oxygens (including phenoxy) is 3. The van der Waals surface area contributed by atoms with Gasteiger partial charge in [0.2, 0.25) is 0 Å². The summed E-state index contributed by atoms with van der Waals surface area (Å²) < 4.78 is 17.4. The number of hydrogen-bond donors (Lipinski definition) is 0. The highest BCUT2D eigenvalue weighted by atomic mass is 16.5. The largest absolute Gasteiger partial charge is 0.498 e. The van der Waals surface area contributed by atoms with Crippen LogP contribution in [-0.2, 0) is 19.0 Å². The molecule has 182 valence electrons. The zero-order valence-corrected chi connectivity index (χ0v) is 21.2. The smallest absolute Gasteiger partial charge is 0.340 e. The minimum absolute atomic E-state index is 0.0314. The molecule has 3 aliphatic rings. The number of fused-ring (bicyclic) bond motifs is 3. The summed E-state index contributed by atoms with van der Waals surface area (Å²) in [6, 6.07) is 14.7. The van der Waals surface area contributed by atoms with Gasteiger partial charge in [0.25, 0.3) is 0 Å². The molecule has 5 heteroatoms. The Labute approximate surface area is 207 Å². The van der Waals surface area contributed by atoms with Crippen LogP contribution in [0, 0.1) is 0 Å². The van der Waals surface area contributed by atoms with Gasteiger partial charge in [0.15, 0.2) is 0 Å². The molecule has 2 heterocycles. The molecule has 5 rings (SSSR count). The Balaban J connectivity index is 1.81. The lowest BCUT2D eigenvalue weighted by atomic mass is 9.81. The molecule has 0 aromatic heterocycles. The number of methoxy groups -OCH3 is 2. The van der Waals surface area contributed by atoms with Gasteiger partial charge in [-0.3, -0.25) is 0 Å². The first-order chi connectivity index (χ1) is 17.0. The molecule has 0 spiro atoms. The van der Waals surface area contributed by atoms with E-state index in [0.29, 0.717) is 12.2 Å². The van der Waals surface area contributed by atoms with Gasteiger partial charge in [0.1, 0.15) is 11.4 Å². The van der Waals surface area contributed by atoms with Crippen LogP contribution in [0.4, 0.5) is 0 Å². The Morgan fingerprint density at radius 2 is 1.89 bits per heavy atom. The molecule has 0 bridgehead atoms. The second-order valence-corrected chi connectivity index (χ2v) is 9.25. The van der Waals surface area contributed by atoms with Gasteiger partial charge in [-0.15, -0.1) is 0 Å². The number of esters is 1. The summed E-state index contributed by atoms with van der Waals surface area (Å²) in [6.07, 6.45) is 5.90. The normalized spacial score (nSPS) is 23.7. The van der Waals surface area contributed by atoms with Crippen molar-refractivity contribution in [3.8, 4) is 0 Å². The van der Waals surface area contributed by atoms with Crippen molar-refractivity contribution in [1.82, 2.24) is 4.90 Å². The Morgan fingerprint density at radius 1 is 1.11 bits per heavy atom. The average molecular weight is 472 g/mol. The van der Waals surface area contributed by atoms with E-state index in [1.807, 2.05) is 13.0 Å². The standard InChI is InChI=1S/C30H33NO4/c1-6-30(34-5)18-21-15-16-31-19(3)26(23-14-10-12-20-11-8-9-13-22(20)23)27(29(32)35-7-2)28(31)24(21)17-25(30)33-4/h8-14,17-19H,6-7,15-16H2,1-5H3. The zero-order valence-electron chi connectivity index (χ0n) is 21.2. The number of benzene rings is 2. The fourth-order valence-electron chi connectivity index (χ4n) is 5.91. The maximum Gasteiger partial charge on any atom is 0.340 e. The Morgan fingerprint density at radius 3 is 2.60 bits per heavy atom. The van der Waals surface area contributed by atoms with Crippen molar-refractivity contribution >= 4 is 22.3 Å². The summed E-state index contributed by atoms with van der Waals surface area (Å²) in [5.74, 6) is 0.477. The van der Waals surface area contributed by atoms with Crippen molar-refractivity contribution in [3.05, 3.63) is 88.4 Å². The fourth-order valence-corrected chi connectivity index (χ4v) is 5.91. The molecule has 0 saturated heterocycles. The molecule has 0 fully saturated rings. The third-order valence-corrected chi connectivity index (χ3v) is 7.67. The molecule has 2 atom stereocenters. The van der Waals surface area contributed by atoms with E-state index in [-0.39, 0.29) is 12.0 Å². The lowest BCUT2D eigenvalue weighted by Crippen LogP contribution is -2.38. The van der Waals surface area contributed by atoms with Crippen molar-refractivity contribution in [2.45, 2.75) is 45.3 Å². The van der Waals surface area contributed by atoms with Crippen molar-refractivity contribution < 1.29 is 19.0 Å².